The fourth-order valence-corrected chi connectivity index (χ4v) is 3.32. The van der Waals surface area contributed by atoms with Gasteiger partial charge in [-0.2, -0.15) is 0 Å². The van der Waals surface area contributed by atoms with Gasteiger partial charge < -0.3 is 10.1 Å². The zero-order valence-corrected chi connectivity index (χ0v) is 11.4. The molecule has 0 amide bonds. The van der Waals surface area contributed by atoms with E-state index in [4.69, 9.17) is 4.74 Å². The van der Waals surface area contributed by atoms with E-state index in [1.807, 2.05) is 7.05 Å². The molecule has 2 aromatic rings. The minimum Gasteiger partial charge on any atom is -0.381 e. The molecule has 2 aromatic heterocycles. The number of imidazole rings is 1. The summed E-state index contributed by atoms with van der Waals surface area (Å²) in [4.78, 5) is 5.73. The average molecular weight is 265 g/mol. The summed E-state index contributed by atoms with van der Waals surface area (Å²) in [5.41, 5.74) is 1.18. The van der Waals surface area contributed by atoms with Crippen molar-refractivity contribution >= 4 is 16.3 Å². The first-order valence-electron chi connectivity index (χ1n) is 6.51. The highest BCUT2D eigenvalue weighted by Crippen LogP contribution is 2.20. The van der Waals surface area contributed by atoms with Crippen LogP contribution in [0.5, 0.6) is 0 Å². The average Bonchev–Trinajstić information content (AvgIpc) is 3.03. The molecule has 0 aliphatic carbocycles. The Morgan fingerprint density at radius 3 is 3.33 bits per heavy atom. The highest BCUT2D eigenvalue weighted by Gasteiger charge is 2.20. The van der Waals surface area contributed by atoms with E-state index in [1.165, 1.54) is 18.5 Å². The molecule has 4 nitrogen and oxygen atoms in total. The standard InChI is InChI=1S/C13H19N3OS/c1-14-11(6-10-2-4-17-9-10)7-12-8-16-3-5-18-13(16)15-12/h3,5,8,10-11,14H,2,4,6-7,9H2,1H3. The summed E-state index contributed by atoms with van der Waals surface area (Å²) in [5, 5.41) is 5.48. The fourth-order valence-electron chi connectivity index (χ4n) is 2.60. The lowest BCUT2D eigenvalue weighted by Gasteiger charge is -2.18. The second-order valence-electron chi connectivity index (χ2n) is 4.98. The molecular weight excluding hydrogens is 246 g/mol. The molecule has 0 bridgehead atoms. The van der Waals surface area contributed by atoms with Crippen molar-refractivity contribution in [1.82, 2.24) is 14.7 Å². The number of ether oxygens (including phenoxy) is 1. The topological polar surface area (TPSA) is 38.6 Å². The minimum atomic E-state index is 0.501. The molecule has 1 aliphatic heterocycles. The van der Waals surface area contributed by atoms with Crippen molar-refractivity contribution in [2.45, 2.75) is 25.3 Å². The van der Waals surface area contributed by atoms with Crippen LogP contribution in [0.4, 0.5) is 0 Å². The molecule has 1 N–H and O–H groups in total. The Labute approximate surface area is 111 Å². The van der Waals surface area contributed by atoms with Crippen LogP contribution in [0.2, 0.25) is 0 Å². The number of aromatic nitrogens is 2. The molecule has 1 fully saturated rings. The second-order valence-corrected chi connectivity index (χ2v) is 5.85. The fraction of sp³-hybridized carbons (Fsp3) is 0.615. The Kier molecular flexibility index (Phi) is 3.63. The molecule has 1 aliphatic rings. The summed E-state index contributed by atoms with van der Waals surface area (Å²) in [6.07, 6.45) is 7.59. The molecule has 1 saturated heterocycles. The van der Waals surface area contributed by atoms with Gasteiger partial charge in [0.2, 0.25) is 0 Å². The zero-order chi connectivity index (χ0) is 12.4. The summed E-state index contributed by atoms with van der Waals surface area (Å²) in [7, 11) is 2.04. The lowest BCUT2D eigenvalue weighted by molar-refractivity contribution is 0.181. The SMILES string of the molecule is CNC(Cc1cn2ccsc2n1)CC1CCOC1. The predicted molar refractivity (Wildman–Crippen MR) is 73.2 cm³/mol. The molecule has 0 spiro atoms. The molecule has 3 heterocycles. The van der Waals surface area contributed by atoms with Gasteiger partial charge in [0.15, 0.2) is 4.96 Å². The molecule has 2 atom stereocenters. The normalized spacial score (nSPS) is 21.7. The highest BCUT2D eigenvalue weighted by molar-refractivity contribution is 7.15. The number of rotatable bonds is 5. The maximum Gasteiger partial charge on any atom is 0.193 e. The third kappa shape index (κ3) is 2.58. The van der Waals surface area contributed by atoms with Gasteiger partial charge >= 0.3 is 0 Å². The third-order valence-electron chi connectivity index (χ3n) is 3.65. The van der Waals surface area contributed by atoms with Gasteiger partial charge in [0, 0.05) is 43.5 Å². The van der Waals surface area contributed by atoms with E-state index in [-0.39, 0.29) is 0 Å². The Bertz CT molecular complexity index is 473. The van der Waals surface area contributed by atoms with Crippen LogP contribution >= 0.6 is 11.3 Å². The molecule has 98 valence electrons. The van der Waals surface area contributed by atoms with Crippen molar-refractivity contribution in [3.05, 3.63) is 23.5 Å². The molecule has 18 heavy (non-hydrogen) atoms. The van der Waals surface area contributed by atoms with Gasteiger partial charge in [-0.05, 0) is 25.8 Å². The van der Waals surface area contributed by atoms with E-state index in [1.54, 1.807) is 11.3 Å². The lowest BCUT2D eigenvalue weighted by atomic mass is 9.96. The van der Waals surface area contributed by atoms with Crippen LogP contribution in [0.3, 0.4) is 0 Å². The summed E-state index contributed by atoms with van der Waals surface area (Å²) in [6.45, 7) is 1.86. The highest BCUT2D eigenvalue weighted by atomic mass is 32.1. The monoisotopic (exact) mass is 265 g/mol. The van der Waals surface area contributed by atoms with Crippen LogP contribution in [-0.4, -0.2) is 35.7 Å². The summed E-state index contributed by atoms with van der Waals surface area (Å²) in [5.74, 6) is 0.714. The van der Waals surface area contributed by atoms with E-state index in [0.717, 1.165) is 24.6 Å². The minimum absolute atomic E-state index is 0.501. The maximum atomic E-state index is 5.44. The van der Waals surface area contributed by atoms with Gasteiger partial charge in [-0.3, -0.25) is 4.40 Å². The van der Waals surface area contributed by atoms with Crippen molar-refractivity contribution in [3.63, 3.8) is 0 Å². The Morgan fingerprint density at radius 2 is 2.61 bits per heavy atom. The van der Waals surface area contributed by atoms with E-state index < -0.39 is 0 Å². The van der Waals surface area contributed by atoms with Gasteiger partial charge in [0.25, 0.3) is 0 Å². The number of thiazole rings is 1. The molecular formula is C13H19N3OS. The summed E-state index contributed by atoms with van der Waals surface area (Å²) >= 11 is 1.69. The number of hydrogen-bond donors (Lipinski definition) is 1. The molecule has 0 radical (unpaired) electrons. The van der Waals surface area contributed by atoms with E-state index in [9.17, 15) is 0 Å². The van der Waals surface area contributed by atoms with Crippen LogP contribution in [0, 0.1) is 5.92 Å². The predicted octanol–water partition coefficient (Wildman–Crippen LogP) is 1.95. The van der Waals surface area contributed by atoms with Crippen molar-refractivity contribution in [2.75, 3.05) is 20.3 Å². The van der Waals surface area contributed by atoms with Crippen molar-refractivity contribution in [3.8, 4) is 0 Å². The lowest BCUT2D eigenvalue weighted by Crippen LogP contribution is -2.30. The quantitative estimate of drug-likeness (QED) is 0.898. The van der Waals surface area contributed by atoms with Crippen molar-refractivity contribution in [2.24, 2.45) is 5.92 Å². The first-order valence-corrected chi connectivity index (χ1v) is 7.39. The Hall–Kier alpha value is -0.910. The zero-order valence-electron chi connectivity index (χ0n) is 10.6. The smallest absolute Gasteiger partial charge is 0.193 e. The molecule has 3 rings (SSSR count). The molecule has 0 aromatic carbocycles. The summed E-state index contributed by atoms with van der Waals surface area (Å²) < 4.78 is 7.55. The summed E-state index contributed by atoms with van der Waals surface area (Å²) in [6, 6.07) is 0.501. The van der Waals surface area contributed by atoms with E-state index in [0.29, 0.717) is 12.0 Å². The van der Waals surface area contributed by atoms with Crippen molar-refractivity contribution in [1.29, 1.82) is 0 Å². The van der Waals surface area contributed by atoms with E-state index >= 15 is 0 Å². The Morgan fingerprint density at radius 1 is 1.67 bits per heavy atom. The van der Waals surface area contributed by atoms with Crippen LogP contribution in [0.25, 0.3) is 4.96 Å². The van der Waals surface area contributed by atoms with Gasteiger partial charge in [-0.1, -0.05) is 0 Å². The van der Waals surface area contributed by atoms with Crippen LogP contribution in [0.15, 0.2) is 17.8 Å². The third-order valence-corrected chi connectivity index (χ3v) is 4.42. The van der Waals surface area contributed by atoms with Crippen LogP contribution in [0.1, 0.15) is 18.5 Å². The molecule has 5 heteroatoms. The maximum absolute atomic E-state index is 5.44. The number of fused-ring (bicyclic) bond motifs is 1. The van der Waals surface area contributed by atoms with Gasteiger partial charge in [0.1, 0.15) is 0 Å². The van der Waals surface area contributed by atoms with Crippen molar-refractivity contribution < 1.29 is 4.74 Å². The largest absolute Gasteiger partial charge is 0.381 e. The number of likely N-dealkylation sites (N-methyl/N-ethyl adjacent to an activating group) is 1. The van der Waals surface area contributed by atoms with Gasteiger partial charge in [0.05, 0.1) is 5.69 Å². The van der Waals surface area contributed by atoms with Gasteiger partial charge in [-0.15, -0.1) is 11.3 Å². The number of nitrogens with zero attached hydrogens (tertiary/aromatic N) is 2. The number of nitrogens with one attached hydrogen (secondary N) is 1. The first-order chi connectivity index (χ1) is 8.85. The van der Waals surface area contributed by atoms with Crippen LogP contribution < -0.4 is 5.32 Å². The second kappa shape index (κ2) is 5.38. The van der Waals surface area contributed by atoms with Gasteiger partial charge in [-0.25, -0.2) is 4.98 Å². The molecule has 0 saturated carbocycles. The first kappa shape index (κ1) is 12.1. The van der Waals surface area contributed by atoms with Crippen LogP contribution in [-0.2, 0) is 11.2 Å². The number of hydrogen-bond acceptors (Lipinski definition) is 4. The van der Waals surface area contributed by atoms with E-state index in [2.05, 4.69) is 32.5 Å². The Balaban J connectivity index is 1.63. The molecule has 2 unspecified atom stereocenters.